The minimum Gasteiger partial charge on any atom is -0.338 e. The summed E-state index contributed by atoms with van der Waals surface area (Å²) in [4.78, 5) is 18.0. The summed E-state index contributed by atoms with van der Waals surface area (Å²) in [6.07, 6.45) is 3.68. The number of hydrogen-bond donors (Lipinski definition) is 1. The molecule has 3 rings (SSSR count). The molecule has 0 unspecified atom stereocenters. The first-order valence-corrected chi connectivity index (χ1v) is 9.59. The second-order valence-corrected chi connectivity index (χ2v) is 8.13. The lowest BCUT2D eigenvalue weighted by atomic mass is 9.95. The van der Waals surface area contributed by atoms with Crippen molar-refractivity contribution in [3.63, 3.8) is 0 Å². The average molecular weight is 359 g/mol. The van der Waals surface area contributed by atoms with E-state index in [1.807, 2.05) is 19.1 Å². The summed E-state index contributed by atoms with van der Waals surface area (Å²) < 4.78 is 27.6. The van der Waals surface area contributed by atoms with Crippen molar-refractivity contribution in [2.75, 3.05) is 13.6 Å². The minimum absolute atomic E-state index is 0.0151. The topological polar surface area (TPSA) is 79.4 Å². The number of hydrogen-bond acceptors (Lipinski definition) is 4. The van der Waals surface area contributed by atoms with Gasteiger partial charge in [-0.05, 0) is 36.8 Å². The molecule has 2 atom stereocenters. The molecule has 0 bridgehead atoms. The summed E-state index contributed by atoms with van der Waals surface area (Å²) in [6.45, 7) is 2.11. The van der Waals surface area contributed by atoms with Crippen molar-refractivity contribution in [3.05, 3.63) is 59.9 Å². The number of sulfonamides is 1. The van der Waals surface area contributed by atoms with Crippen molar-refractivity contribution < 1.29 is 13.2 Å². The first kappa shape index (κ1) is 17.6. The molecule has 1 aliphatic heterocycles. The van der Waals surface area contributed by atoms with Crippen molar-refractivity contribution in [2.45, 2.75) is 24.3 Å². The molecule has 25 heavy (non-hydrogen) atoms. The van der Waals surface area contributed by atoms with Crippen LogP contribution in [0.5, 0.6) is 0 Å². The summed E-state index contributed by atoms with van der Waals surface area (Å²) >= 11 is 0. The van der Waals surface area contributed by atoms with Gasteiger partial charge in [-0.1, -0.05) is 17.7 Å². The van der Waals surface area contributed by atoms with Crippen molar-refractivity contribution in [3.8, 4) is 0 Å². The van der Waals surface area contributed by atoms with E-state index in [0.717, 1.165) is 11.1 Å². The van der Waals surface area contributed by atoms with Crippen molar-refractivity contribution >= 4 is 15.9 Å². The van der Waals surface area contributed by atoms with Gasteiger partial charge in [0, 0.05) is 38.3 Å². The molecule has 7 heteroatoms. The highest BCUT2D eigenvalue weighted by Gasteiger charge is 2.38. The molecule has 1 aromatic carbocycles. The molecule has 1 N–H and O–H groups in total. The Balaban J connectivity index is 1.77. The van der Waals surface area contributed by atoms with Crippen LogP contribution >= 0.6 is 0 Å². The van der Waals surface area contributed by atoms with Gasteiger partial charge in [0.25, 0.3) is 0 Å². The van der Waals surface area contributed by atoms with Crippen LogP contribution in [0.15, 0.2) is 53.7 Å². The normalized spacial score (nSPS) is 20.9. The highest BCUT2D eigenvalue weighted by Crippen LogP contribution is 2.36. The first-order valence-electron chi connectivity index (χ1n) is 8.10. The van der Waals surface area contributed by atoms with E-state index >= 15 is 0 Å². The van der Waals surface area contributed by atoms with E-state index in [2.05, 4.69) is 9.71 Å². The van der Waals surface area contributed by atoms with Gasteiger partial charge in [-0.15, -0.1) is 0 Å². The van der Waals surface area contributed by atoms with E-state index in [0.29, 0.717) is 6.42 Å². The molecule has 1 fully saturated rings. The molecule has 0 radical (unpaired) electrons. The minimum atomic E-state index is -3.60. The van der Waals surface area contributed by atoms with Crippen molar-refractivity contribution in [2.24, 2.45) is 5.92 Å². The number of aryl methyl sites for hydroxylation is 1. The van der Waals surface area contributed by atoms with Gasteiger partial charge < -0.3 is 4.90 Å². The van der Waals surface area contributed by atoms with E-state index in [1.54, 1.807) is 48.6 Å². The molecule has 0 spiro atoms. The number of pyridine rings is 1. The number of rotatable bonds is 5. The van der Waals surface area contributed by atoms with Crippen LogP contribution in [0.1, 0.15) is 23.6 Å². The third-order valence-corrected chi connectivity index (χ3v) is 6.05. The quantitative estimate of drug-likeness (QED) is 0.884. The predicted molar refractivity (Wildman–Crippen MR) is 94.2 cm³/mol. The van der Waals surface area contributed by atoms with Gasteiger partial charge in [0.05, 0.1) is 10.9 Å². The average Bonchev–Trinajstić information content (AvgIpc) is 2.89. The first-order chi connectivity index (χ1) is 11.9. The molecule has 132 valence electrons. The van der Waals surface area contributed by atoms with Gasteiger partial charge in [0.1, 0.15) is 0 Å². The molecular formula is C18H21N3O3S. The van der Waals surface area contributed by atoms with Gasteiger partial charge in [0.15, 0.2) is 0 Å². The fourth-order valence-corrected chi connectivity index (χ4v) is 4.30. The Bertz CT molecular complexity index is 851. The second kappa shape index (κ2) is 6.93. The number of amides is 1. The summed E-state index contributed by atoms with van der Waals surface area (Å²) in [5, 5.41) is 0. The lowest BCUT2D eigenvalue weighted by Crippen LogP contribution is -2.32. The molecule has 6 nitrogen and oxygen atoms in total. The van der Waals surface area contributed by atoms with Crippen molar-refractivity contribution in [1.82, 2.24) is 14.6 Å². The van der Waals surface area contributed by atoms with Crippen LogP contribution in [-0.2, 0) is 14.8 Å². The Kier molecular flexibility index (Phi) is 4.87. The number of nitrogens with one attached hydrogen (secondary N) is 1. The smallest absolute Gasteiger partial charge is 0.240 e. The van der Waals surface area contributed by atoms with Crippen LogP contribution in [0.3, 0.4) is 0 Å². The molecule has 1 aliphatic rings. The molecule has 0 saturated carbocycles. The Hall–Kier alpha value is -2.25. The summed E-state index contributed by atoms with van der Waals surface area (Å²) in [5.41, 5.74) is 1.96. The van der Waals surface area contributed by atoms with Crippen LogP contribution < -0.4 is 4.72 Å². The zero-order chi connectivity index (χ0) is 18.0. The van der Waals surface area contributed by atoms with Gasteiger partial charge in [-0.3, -0.25) is 9.78 Å². The van der Waals surface area contributed by atoms with Gasteiger partial charge in [-0.25, -0.2) is 13.1 Å². The molecule has 1 amide bonds. The third-order valence-electron chi connectivity index (χ3n) is 4.61. The molecule has 0 aliphatic carbocycles. The number of carbonyl (C=O) groups excluding carboxylic acids is 1. The van der Waals surface area contributed by atoms with Crippen LogP contribution in [0.4, 0.5) is 0 Å². The highest BCUT2D eigenvalue weighted by atomic mass is 32.2. The maximum absolute atomic E-state index is 12.5. The summed E-state index contributed by atoms with van der Waals surface area (Å²) in [5.74, 6) is -0.110. The summed E-state index contributed by atoms with van der Waals surface area (Å²) in [7, 11) is -1.85. The lowest BCUT2D eigenvalue weighted by molar-refractivity contribution is -0.127. The number of benzene rings is 1. The SMILES string of the molecule is Cc1ccc(S(=O)(=O)NC[C@@H]2CC(=O)N(C)[C@H]2c2ccncc2)cc1. The van der Waals surface area contributed by atoms with Gasteiger partial charge >= 0.3 is 0 Å². The predicted octanol–water partition coefficient (Wildman–Crippen LogP) is 1.89. The van der Waals surface area contributed by atoms with Crippen molar-refractivity contribution in [1.29, 1.82) is 0 Å². The van der Waals surface area contributed by atoms with Gasteiger partial charge in [-0.2, -0.15) is 0 Å². The Morgan fingerprint density at radius 1 is 1.16 bits per heavy atom. The number of likely N-dealkylation sites (tertiary alicyclic amines) is 1. The fraction of sp³-hybridized carbons (Fsp3) is 0.333. The van der Waals surface area contributed by atoms with Crippen LogP contribution in [-0.4, -0.2) is 37.8 Å². The molecule has 1 aromatic heterocycles. The van der Waals surface area contributed by atoms with Crippen LogP contribution in [0.25, 0.3) is 0 Å². The maximum atomic E-state index is 12.5. The lowest BCUT2D eigenvalue weighted by Gasteiger charge is -2.25. The van der Waals surface area contributed by atoms with Crippen LogP contribution in [0.2, 0.25) is 0 Å². The van der Waals surface area contributed by atoms with E-state index in [-0.39, 0.29) is 29.3 Å². The van der Waals surface area contributed by atoms with Crippen LogP contribution in [0, 0.1) is 12.8 Å². The third kappa shape index (κ3) is 3.72. The zero-order valence-corrected chi connectivity index (χ0v) is 15.0. The van der Waals surface area contributed by atoms with Gasteiger partial charge in [0.2, 0.25) is 15.9 Å². The zero-order valence-electron chi connectivity index (χ0n) is 14.2. The molecule has 1 saturated heterocycles. The Morgan fingerprint density at radius 3 is 2.44 bits per heavy atom. The number of aromatic nitrogens is 1. The van der Waals surface area contributed by atoms with E-state index in [9.17, 15) is 13.2 Å². The molecular weight excluding hydrogens is 338 g/mol. The van der Waals surface area contributed by atoms with E-state index < -0.39 is 10.0 Å². The summed E-state index contributed by atoms with van der Waals surface area (Å²) in [6, 6.07) is 10.3. The fourth-order valence-electron chi connectivity index (χ4n) is 3.21. The highest BCUT2D eigenvalue weighted by molar-refractivity contribution is 7.89. The Labute approximate surface area is 147 Å². The van der Waals surface area contributed by atoms with E-state index in [1.165, 1.54) is 0 Å². The molecule has 2 heterocycles. The molecule has 2 aromatic rings. The monoisotopic (exact) mass is 359 g/mol. The Morgan fingerprint density at radius 2 is 1.80 bits per heavy atom. The second-order valence-electron chi connectivity index (χ2n) is 6.36. The van der Waals surface area contributed by atoms with E-state index in [4.69, 9.17) is 0 Å². The standard InChI is InChI=1S/C18H21N3O3S/c1-13-3-5-16(6-4-13)25(23,24)20-12-15-11-17(22)21(2)18(15)14-7-9-19-10-8-14/h3-10,15,18,20H,11-12H2,1-2H3/t15-,18-/m0/s1. The number of nitrogens with zero attached hydrogens (tertiary/aromatic N) is 2. The maximum Gasteiger partial charge on any atom is 0.240 e. The largest absolute Gasteiger partial charge is 0.338 e. The number of carbonyl (C=O) groups is 1.